The minimum Gasteiger partial charge on any atom is -0.342 e. The van der Waals surface area contributed by atoms with Crippen LogP contribution in [0.5, 0.6) is 0 Å². The fraction of sp³-hybridized carbons (Fsp3) is 0.682. The average molecular weight is 328 g/mol. The summed E-state index contributed by atoms with van der Waals surface area (Å²) in [7, 11) is 0. The molecule has 0 radical (unpaired) electrons. The molecule has 1 aromatic rings. The van der Waals surface area contributed by atoms with Crippen LogP contribution < -0.4 is 0 Å². The average Bonchev–Trinajstić information content (AvgIpc) is 2.88. The molecular weight excluding hydrogens is 294 g/mol. The summed E-state index contributed by atoms with van der Waals surface area (Å²) in [5, 5.41) is 0. The van der Waals surface area contributed by atoms with Crippen molar-refractivity contribution in [1.82, 2.24) is 4.90 Å². The van der Waals surface area contributed by atoms with Crippen LogP contribution in [0.2, 0.25) is 0 Å². The van der Waals surface area contributed by atoms with Gasteiger partial charge >= 0.3 is 0 Å². The van der Waals surface area contributed by atoms with Crippen LogP contribution in [0, 0.1) is 17.8 Å². The highest BCUT2D eigenvalue weighted by Crippen LogP contribution is 2.35. The molecule has 0 spiro atoms. The van der Waals surface area contributed by atoms with Crippen LogP contribution in [0.25, 0.3) is 0 Å². The SMILES string of the molecule is CC(C)C1CCC(C(=O)N2CCCCC(c3ccccc3)C2)CC1. The second-order valence-corrected chi connectivity index (χ2v) is 8.24. The van der Waals surface area contributed by atoms with Crippen molar-refractivity contribution in [2.24, 2.45) is 17.8 Å². The number of hydrogen-bond acceptors (Lipinski definition) is 1. The number of amides is 1. The van der Waals surface area contributed by atoms with Crippen LogP contribution in [-0.2, 0) is 4.79 Å². The Balaban J connectivity index is 1.62. The van der Waals surface area contributed by atoms with E-state index in [2.05, 4.69) is 49.1 Å². The lowest BCUT2D eigenvalue weighted by molar-refractivity contribution is -0.137. The Labute approximate surface area is 147 Å². The molecule has 1 amide bonds. The van der Waals surface area contributed by atoms with Gasteiger partial charge in [-0.3, -0.25) is 4.79 Å². The van der Waals surface area contributed by atoms with E-state index < -0.39 is 0 Å². The number of carbonyl (C=O) groups is 1. The molecule has 1 atom stereocenters. The first-order chi connectivity index (χ1) is 11.6. The Morgan fingerprint density at radius 1 is 1.00 bits per heavy atom. The highest BCUT2D eigenvalue weighted by molar-refractivity contribution is 5.79. The normalized spacial score (nSPS) is 28.6. The Morgan fingerprint density at radius 2 is 1.71 bits per heavy atom. The number of hydrogen-bond donors (Lipinski definition) is 0. The molecule has 1 unspecified atom stereocenters. The molecule has 1 saturated heterocycles. The zero-order chi connectivity index (χ0) is 16.9. The van der Waals surface area contributed by atoms with Crippen molar-refractivity contribution in [2.45, 2.75) is 64.7 Å². The van der Waals surface area contributed by atoms with Gasteiger partial charge in [0.1, 0.15) is 0 Å². The number of rotatable bonds is 3. The van der Waals surface area contributed by atoms with E-state index in [4.69, 9.17) is 0 Å². The predicted molar refractivity (Wildman–Crippen MR) is 99.9 cm³/mol. The minimum atomic E-state index is 0.287. The molecular formula is C22H33NO. The van der Waals surface area contributed by atoms with Gasteiger partial charge in [0, 0.05) is 24.9 Å². The molecule has 2 aliphatic rings. The lowest BCUT2D eigenvalue weighted by atomic mass is 9.76. The summed E-state index contributed by atoms with van der Waals surface area (Å²) in [4.78, 5) is 15.3. The van der Waals surface area contributed by atoms with Crippen LogP contribution in [0.3, 0.4) is 0 Å². The van der Waals surface area contributed by atoms with Crippen molar-refractivity contribution in [3.63, 3.8) is 0 Å². The van der Waals surface area contributed by atoms with Gasteiger partial charge in [-0.2, -0.15) is 0 Å². The maximum absolute atomic E-state index is 13.1. The van der Waals surface area contributed by atoms with E-state index >= 15 is 0 Å². The van der Waals surface area contributed by atoms with Gasteiger partial charge in [-0.05, 0) is 55.9 Å². The molecule has 1 saturated carbocycles. The highest BCUT2D eigenvalue weighted by atomic mass is 16.2. The van der Waals surface area contributed by atoms with E-state index in [1.165, 1.54) is 31.2 Å². The Bertz CT molecular complexity index is 516. The van der Waals surface area contributed by atoms with Crippen LogP contribution >= 0.6 is 0 Å². The van der Waals surface area contributed by atoms with Gasteiger partial charge in [-0.15, -0.1) is 0 Å². The Kier molecular flexibility index (Phi) is 5.97. The zero-order valence-corrected chi connectivity index (χ0v) is 15.4. The van der Waals surface area contributed by atoms with Crippen molar-refractivity contribution >= 4 is 5.91 Å². The molecule has 3 rings (SSSR count). The summed E-state index contributed by atoms with van der Waals surface area (Å²) in [5.74, 6) is 2.84. The molecule has 1 aromatic carbocycles. The molecule has 2 nitrogen and oxygen atoms in total. The summed E-state index contributed by atoms with van der Waals surface area (Å²) in [6.45, 7) is 6.54. The summed E-state index contributed by atoms with van der Waals surface area (Å²) in [6, 6.07) is 10.8. The van der Waals surface area contributed by atoms with E-state index in [1.807, 2.05) is 0 Å². The monoisotopic (exact) mass is 327 g/mol. The largest absolute Gasteiger partial charge is 0.342 e. The molecule has 1 aliphatic heterocycles. The first-order valence-electron chi connectivity index (χ1n) is 9.99. The van der Waals surface area contributed by atoms with Crippen LogP contribution in [0.15, 0.2) is 30.3 Å². The highest BCUT2D eigenvalue weighted by Gasteiger charge is 2.32. The first-order valence-corrected chi connectivity index (χ1v) is 9.99. The van der Waals surface area contributed by atoms with Crippen molar-refractivity contribution < 1.29 is 4.79 Å². The van der Waals surface area contributed by atoms with E-state index in [0.29, 0.717) is 11.8 Å². The van der Waals surface area contributed by atoms with E-state index in [0.717, 1.165) is 44.2 Å². The topological polar surface area (TPSA) is 20.3 Å². The number of nitrogens with zero attached hydrogens (tertiary/aromatic N) is 1. The third kappa shape index (κ3) is 4.20. The van der Waals surface area contributed by atoms with Crippen molar-refractivity contribution in [3.05, 3.63) is 35.9 Å². The quantitative estimate of drug-likeness (QED) is 0.743. The predicted octanol–water partition coefficient (Wildman–Crippen LogP) is 5.25. The van der Waals surface area contributed by atoms with Gasteiger partial charge in [-0.1, -0.05) is 50.6 Å². The van der Waals surface area contributed by atoms with Gasteiger partial charge in [-0.25, -0.2) is 0 Å². The van der Waals surface area contributed by atoms with Crippen LogP contribution in [0.4, 0.5) is 0 Å². The summed E-state index contributed by atoms with van der Waals surface area (Å²) in [6.07, 6.45) is 8.31. The Hall–Kier alpha value is -1.31. The lowest BCUT2D eigenvalue weighted by Crippen LogP contribution is -2.40. The minimum absolute atomic E-state index is 0.287. The fourth-order valence-corrected chi connectivity index (χ4v) is 4.63. The molecule has 0 N–H and O–H groups in total. The molecule has 0 bridgehead atoms. The van der Waals surface area contributed by atoms with Crippen LogP contribution in [-0.4, -0.2) is 23.9 Å². The molecule has 0 aromatic heterocycles. The smallest absolute Gasteiger partial charge is 0.225 e. The van der Waals surface area contributed by atoms with Crippen LogP contribution in [0.1, 0.15) is 70.3 Å². The number of carbonyl (C=O) groups excluding carboxylic acids is 1. The molecule has 24 heavy (non-hydrogen) atoms. The third-order valence-electron chi connectivity index (χ3n) is 6.32. The summed E-state index contributed by atoms with van der Waals surface area (Å²) in [5.41, 5.74) is 1.40. The van der Waals surface area contributed by atoms with Crippen molar-refractivity contribution in [1.29, 1.82) is 0 Å². The summed E-state index contributed by atoms with van der Waals surface area (Å²) >= 11 is 0. The van der Waals surface area contributed by atoms with Gasteiger partial charge in [0.15, 0.2) is 0 Å². The van der Waals surface area contributed by atoms with Gasteiger partial charge in [0.2, 0.25) is 5.91 Å². The Morgan fingerprint density at radius 3 is 2.38 bits per heavy atom. The third-order valence-corrected chi connectivity index (χ3v) is 6.32. The zero-order valence-electron chi connectivity index (χ0n) is 15.4. The van der Waals surface area contributed by atoms with E-state index in [-0.39, 0.29) is 5.92 Å². The number of likely N-dealkylation sites (tertiary alicyclic amines) is 1. The van der Waals surface area contributed by atoms with Gasteiger partial charge in [0.25, 0.3) is 0 Å². The second kappa shape index (κ2) is 8.18. The molecule has 1 heterocycles. The fourth-order valence-electron chi connectivity index (χ4n) is 4.63. The van der Waals surface area contributed by atoms with E-state index in [1.54, 1.807) is 0 Å². The summed E-state index contributed by atoms with van der Waals surface area (Å²) < 4.78 is 0. The first kappa shape index (κ1) is 17.5. The molecule has 132 valence electrons. The molecule has 2 heteroatoms. The van der Waals surface area contributed by atoms with Crippen molar-refractivity contribution in [2.75, 3.05) is 13.1 Å². The standard InChI is InChI=1S/C22H33NO/c1-17(2)18-11-13-20(14-12-18)22(24)23-15-7-6-10-21(16-23)19-8-4-3-5-9-19/h3-5,8-9,17-18,20-21H,6-7,10-16H2,1-2H3. The van der Waals surface area contributed by atoms with E-state index in [9.17, 15) is 4.79 Å². The number of benzene rings is 1. The maximum Gasteiger partial charge on any atom is 0.225 e. The molecule has 2 fully saturated rings. The lowest BCUT2D eigenvalue weighted by Gasteiger charge is -2.34. The second-order valence-electron chi connectivity index (χ2n) is 8.24. The van der Waals surface area contributed by atoms with Gasteiger partial charge < -0.3 is 4.90 Å². The van der Waals surface area contributed by atoms with Gasteiger partial charge in [0.05, 0.1) is 0 Å². The molecule has 1 aliphatic carbocycles. The maximum atomic E-state index is 13.1. The van der Waals surface area contributed by atoms with Crippen molar-refractivity contribution in [3.8, 4) is 0 Å².